The normalized spacial score (nSPS) is 19.5. The number of phenols is 1. The van der Waals surface area contributed by atoms with Gasteiger partial charge in [-0.05, 0) is 42.9 Å². The van der Waals surface area contributed by atoms with Gasteiger partial charge in [-0.15, -0.1) is 0 Å². The average molecular weight is 263 g/mol. The SMILES string of the molecule is CCc1ccc(O)c(C(=O)N2CCCC(CO)C2)c1. The number of carbonyl (C=O) groups excluding carboxylic acids is 1. The Morgan fingerprint density at radius 1 is 1.47 bits per heavy atom. The Morgan fingerprint density at radius 3 is 2.95 bits per heavy atom. The fourth-order valence-corrected chi connectivity index (χ4v) is 2.54. The number of hydrogen-bond acceptors (Lipinski definition) is 3. The number of likely N-dealkylation sites (tertiary alicyclic amines) is 1. The van der Waals surface area contributed by atoms with Gasteiger partial charge >= 0.3 is 0 Å². The second-order valence-corrected chi connectivity index (χ2v) is 5.15. The summed E-state index contributed by atoms with van der Waals surface area (Å²) in [5.41, 5.74) is 1.41. The summed E-state index contributed by atoms with van der Waals surface area (Å²) in [6.45, 7) is 3.41. The first-order chi connectivity index (χ1) is 9.15. The Labute approximate surface area is 113 Å². The third kappa shape index (κ3) is 3.07. The van der Waals surface area contributed by atoms with E-state index in [1.165, 1.54) is 0 Å². The van der Waals surface area contributed by atoms with Crippen LogP contribution in [0.5, 0.6) is 5.75 Å². The lowest BCUT2D eigenvalue weighted by Gasteiger charge is -2.32. The molecule has 0 radical (unpaired) electrons. The van der Waals surface area contributed by atoms with Crippen LogP contribution in [0.1, 0.15) is 35.7 Å². The van der Waals surface area contributed by atoms with Crippen molar-refractivity contribution in [2.75, 3.05) is 19.7 Å². The molecule has 1 fully saturated rings. The Morgan fingerprint density at radius 2 is 2.26 bits per heavy atom. The van der Waals surface area contributed by atoms with Crippen molar-refractivity contribution in [3.8, 4) is 5.75 Å². The van der Waals surface area contributed by atoms with E-state index < -0.39 is 0 Å². The standard InChI is InChI=1S/C15H21NO3/c1-2-11-5-6-14(18)13(8-11)15(19)16-7-3-4-12(9-16)10-17/h5-6,8,12,17-18H,2-4,7,9-10H2,1H3. The number of carbonyl (C=O) groups is 1. The molecule has 4 nitrogen and oxygen atoms in total. The molecule has 2 rings (SSSR count). The highest BCUT2D eigenvalue weighted by molar-refractivity contribution is 5.97. The van der Waals surface area contributed by atoms with E-state index in [2.05, 4.69) is 0 Å². The average Bonchev–Trinajstić information content (AvgIpc) is 2.47. The number of aliphatic hydroxyl groups is 1. The first kappa shape index (κ1) is 13.9. The minimum Gasteiger partial charge on any atom is -0.507 e. The molecule has 0 spiro atoms. The fraction of sp³-hybridized carbons (Fsp3) is 0.533. The molecule has 104 valence electrons. The Bertz CT molecular complexity index is 459. The summed E-state index contributed by atoms with van der Waals surface area (Å²) < 4.78 is 0. The summed E-state index contributed by atoms with van der Waals surface area (Å²) in [5, 5.41) is 19.1. The Hall–Kier alpha value is -1.55. The van der Waals surface area contributed by atoms with Gasteiger partial charge < -0.3 is 15.1 Å². The smallest absolute Gasteiger partial charge is 0.257 e. The Balaban J connectivity index is 2.18. The molecule has 1 atom stereocenters. The predicted molar refractivity (Wildman–Crippen MR) is 73.2 cm³/mol. The topological polar surface area (TPSA) is 60.8 Å². The van der Waals surface area contributed by atoms with Gasteiger partial charge in [0, 0.05) is 19.7 Å². The number of rotatable bonds is 3. The van der Waals surface area contributed by atoms with Crippen molar-refractivity contribution in [3.05, 3.63) is 29.3 Å². The molecule has 0 saturated carbocycles. The maximum absolute atomic E-state index is 12.4. The molecule has 0 bridgehead atoms. The minimum atomic E-state index is -0.133. The maximum Gasteiger partial charge on any atom is 0.257 e. The number of piperidine rings is 1. The van der Waals surface area contributed by atoms with Gasteiger partial charge in [-0.3, -0.25) is 4.79 Å². The largest absolute Gasteiger partial charge is 0.507 e. The second-order valence-electron chi connectivity index (χ2n) is 5.15. The van der Waals surface area contributed by atoms with Crippen LogP contribution in [0, 0.1) is 5.92 Å². The first-order valence-electron chi connectivity index (χ1n) is 6.87. The summed E-state index contributed by atoms with van der Waals surface area (Å²) in [5.74, 6) is 0.0634. The molecule has 1 unspecified atom stereocenters. The fourth-order valence-electron chi connectivity index (χ4n) is 2.54. The van der Waals surface area contributed by atoms with Gasteiger partial charge in [0.05, 0.1) is 5.56 Å². The lowest BCUT2D eigenvalue weighted by molar-refractivity contribution is 0.0618. The van der Waals surface area contributed by atoms with Gasteiger partial charge in [0.15, 0.2) is 0 Å². The molecule has 4 heteroatoms. The van der Waals surface area contributed by atoms with Gasteiger partial charge in [-0.1, -0.05) is 13.0 Å². The summed E-state index contributed by atoms with van der Waals surface area (Å²) in [4.78, 5) is 14.2. The number of aromatic hydroxyl groups is 1. The summed E-state index contributed by atoms with van der Waals surface area (Å²) in [6, 6.07) is 5.18. The van der Waals surface area contributed by atoms with E-state index >= 15 is 0 Å². The van der Waals surface area contributed by atoms with E-state index in [-0.39, 0.29) is 24.2 Å². The number of hydrogen-bond donors (Lipinski definition) is 2. The molecule has 19 heavy (non-hydrogen) atoms. The minimum absolute atomic E-state index is 0.0355. The number of phenolic OH excluding ortho intramolecular Hbond substituents is 1. The van der Waals surface area contributed by atoms with Crippen molar-refractivity contribution < 1.29 is 15.0 Å². The van der Waals surface area contributed by atoms with Crippen molar-refractivity contribution in [1.29, 1.82) is 0 Å². The zero-order chi connectivity index (χ0) is 13.8. The van der Waals surface area contributed by atoms with E-state index in [0.717, 1.165) is 24.8 Å². The Kier molecular flexibility index (Phi) is 4.43. The lowest BCUT2D eigenvalue weighted by Crippen LogP contribution is -2.41. The highest BCUT2D eigenvalue weighted by atomic mass is 16.3. The zero-order valence-corrected chi connectivity index (χ0v) is 11.3. The third-order valence-electron chi connectivity index (χ3n) is 3.76. The van der Waals surface area contributed by atoms with E-state index in [9.17, 15) is 15.0 Å². The third-order valence-corrected chi connectivity index (χ3v) is 3.76. The quantitative estimate of drug-likeness (QED) is 0.874. The van der Waals surface area contributed by atoms with Gasteiger partial charge in [0.2, 0.25) is 0 Å². The van der Waals surface area contributed by atoms with E-state index in [4.69, 9.17) is 0 Å². The molecule has 1 aromatic rings. The van der Waals surface area contributed by atoms with Gasteiger partial charge in [0.1, 0.15) is 5.75 Å². The van der Waals surface area contributed by atoms with Crippen LogP contribution in [-0.2, 0) is 6.42 Å². The van der Waals surface area contributed by atoms with Gasteiger partial charge in [-0.2, -0.15) is 0 Å². The van der Waals surface area contributed by atoms with Crippen LogP contribution in [0.2, 0.25) is 0 Å². The number of aliphatic hydroxyl groups excluding tert-OH is 1. The van der Waals surface area contributed by atoms with Crippen LogP contribution in [0.25, 0.3) is 0 Å². The number of aryl methyl sites for hydroxylation is 1. The van der Waals surface area contributed by atoms with Crippen LogP contribution in [0.3, 0.4) is 0 Å². The summed E-state index contributed by atoms with van der Waals surface area (Å²) in [6.07, 6.45) is 2.70. The zero-order valence-electron chi connectivity index (χ0n) is 11.3. The number of benzene rings is 1. The highest BCUT2D eigenvalue weighted by Crippen LogP contribution is 2.24. The molecule has 1 amide bonds. The van der Waals surface area contributed by atoms with Crippen LogP contribution < -0.4 is 0 Å². The monoisotopic (exact) mass is 263 g/mol. The van der Waals surface area contributed by atoms with E-state index in [0.29, 0.717) is 18.7 Å². The maximum atomic E-state index is 12.4. The van der Waals surface area contributed by atoms with Crippen molar-refractivity contribution in [2.45, 2.75) is 26.2 Å². The van der Waals surface area contributed by atoms with Crippen molar-refractivity contribution in [3.63, 3.8) is 0 Å². The number of amides is 1. The molecule has 1 aliphatic heterocycles. The van der Waals surface area contributed by atoms with Crippen LogP contribution >= 0.6 is 0 Å². The molecule has 0 aromatic heterocycles. The highest BCUT2D eigenvalue weighted by Gasteiger charge is 2.25. The molecule has 1 saturated heterocycles. The number of nitrogens with zero attached hydrogens (tertiary/aromatic N) is 1. The summed E-state index contributed by atoms with van der Waals surface area (Å²) >= 11 is 0. The molecule has 1 aromatic carbocycles. The van der Waals surface area contributed by atoms with Crippen molar-refractivity contribution >= 4 is 5.91 Å². The predicted octanol–water partition coefficient (Wildman–Crippen LogP) is 1.80. The van der Waals surface area contributed by atoms with Gasteiger partial charge in [0.25, 0.3) is 5.91 Å². The molecule has 1 heterocycles. The van der Waals surface area contributed by atoms with Crippen LogP contribution in [0.15, 0.2) is 18.2 Å². The van der Waals surface area contributed by atoms with E-state index in [1.807, 2.05) is 13.0 Å². The summed E-state index contributed by atoms with van der Waals surface area (Å²) in [7, 11) is 0. The second kappa shape index (κ2) is 6.06. The van der Waals surface area contributed by atoms with Crippen molar-refractivity contribution in [1.82, 2.24) is 4.90 Å². The van der Waals surface area contributed by atoms with Crippen molar-refractivity contribution in [2.24, 2.45) is 5.92 Å². The molecular weight excluding hydrogens is 242 g/mol. The molecule has 1 aliphatic rings. The van der Waals surface area contributed by atoms with Gasteiger partial charge in [-0.25, -0.2) is 0 Å². The molecule has 0 aliphatic carbocycles. The molecule has 2 N–H and O–H groups in total. The first-order valence-corrected chi connectivity index (χ1v) is 6.87. The van der Waals surface area contributed by atoms with Crippen LogP contribution in [-0.4, -0.2) is 40.7 Å². The van der Waals surface area contributed by atoms with Crippen LogP contribution in [0.4, 0.5) is 0 Å². The van der Waals surface area contributed by atoms with E-state index in [1.54, 1.807) is 17.0 Å². The lowest BCUT2D eigenvalue weighted by atomic mass is 9.98. The molecular formula is C15H21NO3.